The first-order chi connectivity index (χ1) is 6.05. The van der Waals surface area contributed by atoms with Crippen molar-refractivity contribution in [3.8, 4) is 0 Å². The van der Waals surface area contributed by atoms with Crippen LogP contribution in [0.5, 0.6) is 0 Å². The monoisotopic (exact) mass is 183 g/mol. The van der Waals surface area contributed by atoms with Crippen molar-refractivity contribution in [1.29, 1.82) is 0 Å². The fraction of sp³-hybridized carbons (Fsp3) is 1.00. The highest BCUT2D eigenvalue weighted by Gasteiger charge is 2.29. The zero-order valence-corrected chi connectivity index (χ0v) is 9.47. The molecule has 0 aliphatic heterocycles. The second-order valence-corrected chi connectivity index (χ2v) is 5.45. The van der Waals surface area contributed by atoms with Crippen molar-refractivity contribution in [1.82, 2.24) is 0 Å². The Kier molecular flexibility index (Phi) is 3.78. The van der Waals surface area contributed by atoms with Crippen molar-refractivity contribution in [2.24, 2.45) is 17.1 Å². The molecule has 1 rings (SSSR count). The van der Waals surface area contributed by atoms with E-state index in [1.165, 1.54) is 38.5 Å². The molecule has 0 aromatic carbocycles. The predicted molar refractivity (Wildman–Crippen MR) is 58.6 cm³/mol. The molecule has 0 amide bonds. The third-order valence-corrected chi connectivity index (χ3v) is 3.61. The van der Waals surface area contributed by atoms with E-state index in [1.54, 1.807) is 0 Å². The lowest BCUT2D eigenvalue weighted by atomic mass is 9.71. The number of rotatable bonds is 3. The minimum absolute atomic E-state index is 0.473. The van der Waals surface area contributed by atoms with Gasteiger partial charge in [-0.25, -0.2) is 0 Å². The van der Waals surface area contributed by atoms with Crippen LogP contribution in [-0.2, 0) is 0 Å². The normalized spacial score (nSPS) is 25.8. The SMILES string of the molecule is CCC[C@H](N)C1CCC(C)(C)CC1. The molecule has 0 aromatic rings. The van der Waals surface area contributed by atoms with Gasteiger partial charge in [0, 0.05) is 6.04 Å². The molecule has 0 heterocycles. The number of hydrogen-bond donors (Lipinski definition) is 1. The molecule has 1 fully saturated rings. The summed E-state index contributed by atoms with van der Waals surface area (Å²) < 4.78 is 0. The van der Waals surface area contributed by atoms with Gasteiger partial charge in [-0.05, 0) is 43.4 Å². The first-order valence-electron chi connectivity index (χ1n) is 5.81. The van der Waals surface area contributed by atoms with Gasteiger partial charge in [-0.3, -0.25) is 0 Å². The minimum Gasteiger partial charge on any atom is -0.327 e. The molecule has 0 spiro atoms. The Hall–Kier alpha value is -0.0400. The van der Waals surface area contributed by atoms with E-state index in [0.29, 0.717) is 11.5 Å². The van der Waals surface area contributed by atoms with E-state index in [-0.39, 0.29) is 0 Å². The van der Waals surface area contributed by atoms with Crippen molar-refractivity contribution in [2.45, 2.75) is 65.3 Å². The summed E-state index contributed by atoms with van der Waals surface area (Å²) >= 11 is 0. The van der Waals surface area contributed by atoms with Gasteiger partial charge in [-0.15, -0.1) is 0 Å². The maximum absolute atomic E-state index is 6.15. The second kappa shape index (κ2) is 4.45. The Bertz CT molecular complexity index is 141. The third-order valence-electron chi connectivity index (χ3n) is 3.61. The molecule has 1 heteroatoms. The zero-order chi connectivity index (χ0) is 9.90. The molecule has 13 heavy (non-hydrogen) atoms. The summed E-state index contributed by atoms with van der Waals surface area (Å²) in [5.41, 5.74) is 6.73. The lowest BCUT2D eigenvalue weighted by Crippen LogP contribution is -2.34. The number of nitrogens with two attached hydrogens (primary N) is 1. The highest BCUT2D eigenvalue weighted by molar-refractivity contribution is 4.83. The summed E-state index contributed by atoms with van der Waals surface area (Å²) in [4.78, 5) is 0. The molecule has 1 atom stereocenters. The van der Waals surface area contributed by atoms with Crippen molar-refractivity contribution < 1.29 is 0 Å². The molecule has 0 aromatic heterocycles. The summed E-state index contributed by atoms with van der Waals surface area (Å²) in [6.07, 6.45) is 7.90. The zero-order valence-electron chi connectivity index (χ0n) is 9.47. The van der Waals surface area contributed by atoms with Crippen LogP contribution in [0.15, 0.2) is 0 Å². The van der Waals surface area contributed by atoms with E-state index < -0.39 is 0 Å². The van der Waals surface area contributed by atoms with Gasteiger partial charge < -0.3 is 5.73 Å². The van der Waals surface area contributed by atoms with E-state index in [4.69, 9.17) is 5.73 Å². The molecule has 1 aliphatic rings. The van der Waals surface area contributed by atoms with Gasteiger partial charge in [0.15, 0.2) is 0 Å². The fourth-order valence-electron chi connectivity index (χ4n) is 2.42. The van der Waals surface area contributed by atoms with E-state index in [0.717, 1.165) is 5.92 Å². The van der Waals surface area contributed by atoms with Crippen LogP contribution in [0.1, 0.15) is 59.3 Å². The van der Waals surface area contributed by atoms with Crippen LogP contribution in [0.4, 0.5) is 0 Å². The molecule has 0 radical (unpaired) electrons. The minimum atomic E-state index is 0.473. The van der Waals surface area contributed by atoms with Crippen LogP contribution in [-0.4, -0.2) is 6.04 Å². The maximum Gasteiger partial charge on any atom is 0.00670 e. The van der Waals surface area contributed by atoms with Crippen LogP contribution < -0.4 is 5.73 Å². The first-order valence-corrected chi connectivity index (χ1v) is 5.81. The average molecular weight is 183 g/mol. The highest BCUT2D eigenvalue weighted by atomic mass is 14.6. The summed E-state index contributed by atoms with van der Waals surface area (Å²) in [6, 6.07) is 0.473. The molecule has 0 bridgehead atoms. The van der Waals surface area contributed by atoms with Gasteiger partial charge in [-0.2, -0.15) is 0 Å². The van der Waals surface area contributed by atoms with Crippen molar-refractivity contribution in [3.05, 3.63) is 0 Å². The summed E-state index contributed by atoms with van der Waals surface area (Å²) in [6.45, 7) is 7.00. The van der Waals surface area contributed by atoms with Crippen LogP contribution in [0.3, 0.4) is 0 Å². The standard InChI is InChI=1S/C12H25N/c1-4-5-11(13)10-6-8-12(2,3)9-7-10/h10-11H,4-9,13H2,1-3H3/t11-/m0/s1. The van der Waals surface area contributed by atoms with Crippen LogP contribution in [0, 0.1) is 11.3 Å². The lowest BCUT2D eigenvalue weighted by Gasteiger charge is -2.36. The summed E-state index contributed by atoms with van der Waals surface area (Å²) in [7, 11) is 0. The van der Waals surface area contributed by atoms with E-state index >= 15 is 0 Å². The molecule has 1 aliphatic carbocycles. The first kappa shape index (κ1) is 11.0. The van der Waals surface area contributed by atoms with Crippen LogP contribution in [0.2, 0.25) is 0 Å². The van der Waals surface area contributed by atoms with Crippen molar-refractivity contribution >= 4 is 0 Å². The molecule has 1 nitrogen and oxygen atoms in total. The van der Waals surface area contributed by atoms with Gasteiger partial charge in [0.2, 0.25) is 0 Å². The number of hydrogen-bond acceptors (Lipinski definition) is 1. The summed E-state index contributed by atoms with van der Waals surface area (Å²) in [5.74, 6) is 0.813. The molecule has 78 valence electrons. The molecule has 1 saturated carbocycles. The Morgan fingerprint density at radius 3 is 2.31 bits per heavy atom. The average Bonchev–Trinajstić information content (AvgIpc) is 2.04. The molecule has 2 N–H and O–H groups in total. The van der Waals surface area contributed by atoms with Gasteiger partial charge in [0.25, 0.3) is 0 Å². The quantitative estimate of drug-likeness (QED) is 0.713. The smallest absolute Gasteiger partial charge is 0.00670 e. The van der Waals surface area contributed by atoms with Crippen molar-refractivity contribution in [3.63, 3.8) is 0 Å². The van der Waals surface area contributed by atoms with Crippen LogP contribution in [0.25, 0.3) is 0 Å². The van der Waals surface area contributed by atoms with E-state index in [2.05, 4.69) is 20.8 Å². The van der Waals surface area contributed by atoms with Gasteiger partial charge in [0.1, 0.15) is 0 Å². The fourth-order valence-corrected chi connectivity index (χ4v) is 2.42. The highest BCUT2D eigenvalue weighted by Crippen LogP contribution is 2.39. The molecular weight excluding hydrogens is 158 g/mol. The Balaban J connectivity index is 2.32. The third kappa shape index (κ3) is 3.30. The van der Waals surface area contributed by atoms with Gasteiger partial charge in [0.05, 0.1) is 0 Å². The molecule has 0 unspecified atom stereocenters. The predicted octanol–water partition coefficient (Wildman–Crippen LogP) is 3.33. The topological polar surface area (TPSA) is 26.0 Å². The maximum atomic E-state index is 6.15. The summed E-state index contributed by atoms with van der Waals surface area (Å²) in [5, 5.41) is 0. The van der Waals surface area contributed by atoms with E-state index in [1.807, 2.05) is 0 Å². The van der Waals surface area contributed by atoms with Gasteiger partial charge in [-0.1, -0.05) is 27.2 Å². The Morgan fingerprint density at radius 2 is 1.85 bits per heavy atom. The largest absolute Gasteiger partial charge is 0.327 e. The van der Waals surface area contributed by atoms with Crippen LogP contribution >= 0.6 is 0 Å². The van der Waals surface area contributed by atoms with Gasteiger partial charge >= 0.3 is 0 Å². The lowest BCUT2D eigenvalue weighted by molar-refractivity contribution is 0.170. The Morgan fingerprint density at radius 1 is 1.31 bits per heavy atom. The molecule has 0 saturated heterocycles. The second-order valence-electron chi connectivity index (χ2n) is 5.45. The Labute approximate surface area is 83.1 Å². The van der Waals surface area contributed by atoms with Crippen molar-refractivity contribution in [2.75, 3.05) is 0 Å². The van der Waals surface area contributed by atoms with E-state index in [9.17, 15) is 0 Å². The molecular formula is C12H25N.